The van der Waals surface area contributed by atoms with Crippen molar-refractivity contribution in [1.82, 2.24) is 15.0 Å². The second-order valence-corrected chi connectivity index (χ2v) is 5.33. The molecule has 24 heavy (non-hydrogen) atoms. The zero-order valence-electron chi connectivity index (χ0n) is 13.6. The molecule has 1 aliphatic rings. The van der Waals surface area contributed by atoms with Gasteiger partial charge in [-0.3, -0.25) is 4.79 Å². The van der Waals surface area contributed by atoms with Crippen molar-refractivity contribution in [2.45, 2.75) is 6.92 Å². The fraction of sp³-hybridized carbons (Fsp3) is 0.375. The molecule has 0 bridgehead atoms. The molecule has 1 saturated heterocycles. The summed E-state index contributed by atoms with van der Waals surface area (Å²) in [5.41, 5.74) is 5.59. The van der Waals surface area contributed by atoms with E-state index < -0.39 is 5.91 Å². The number of carbonyl (C=O) groups excluding carboxylic acids is 1. The number of rotatable bonds is 5. The predicted molar refractivity (Wildman–Crippen MR) is 90.4 cm³/mol. The number of piperazine rings is 1. The van der Waals surface area contributed by atoms with Gasteiger partial charge in [0.2, 0.25) is 0 Å². The van der Waals surface area contributed by atoms with Gasteiger partial charge in [0.1, 0.15) is 0 Å². The van der Waals surface area contributed by atoms with E-state index >= 15 is 0 Å². The maximum Gasteiger partial charge on any atom is 0.271 e. The summed E-state index contributed by atoms with van der Waals surface area (Å²) in [6.45, 7) is 5.42. The molecular formula is C16H20N6O2. The number of carbonyl (C=O) groups is 1. The molecule has 1 aliphatic heterocycles. The van der Waals surface area contributed by atoms with Gasteiger partial charge < -0.3 is 20.3 Å². The van der Waals surface area contributed by atoms with Gasteiger partial charge >= 0.3 is 0 Å². The van der Waals surface area contributed by atoms with Crippen LogP contribution in [0.5, 0.6) is 5.75 Å². The number of amides is 1. The van der Waals surface area contributed by atoms with Crippen LogP contribution in [0.4, 0.5) is 11.6 Å². The number of pyridine rings is 1. The number of nitrogens with zero attached hydrogens (tertiary/aromatic N) is 5. The molecule has 2 aromatic heterocycles. The normalized spacial score (nSPS) is 14.5. The van der Waals surface area contributed by atoms with Gasteiger partial charge in [0.15, 0.2) is 23.1 Å². The van der Waals surface area contributed by atoms with Crippen molar-refractivity contribution in [3.8, 4) is 5.75 Å². The van der Waals surface area contributed by atoms with E-state index in [-0.39, 0.29) is 5.69 Å². The fourth-order valence-electron chi connectivity index (χ4n) is 2.75. The monoisotopic (exact) mass is 328 g/mol. The molecular weight excluding hydrogens is 308 g/mol. The van der Waals surface area contributed by atoms with E-state index in [9.17, 15) is 4.79 Å². The number of anilines is 2. The van der Waals surface area contributed by atoms with Crippen molar-refractivity contribution in [2.75, 3.05) is 42.6 Å². The Kier molecular flexibility index (Phi) is 4.74. The molecule has 126 valence electrons. The van der Waals surface area contributed by atoms with Crippen molar-refractivity contribution in [3.63, 3.8) is 0 Å². The molecule has 0 unspecified atom stereocenters. The van der Waals surface area contributed by atoms with Gasteiger partial charge in [0.25, 0.3) is 5.91 Å². The van der Waals surface area contributed by atoms with E-state index in [0.717, 1.165) is 24.7 Å². The summed E-state index contributed by atoms with van der Waals surface area (Å²) >= 11 is 0. The lowest BCUT2D eigenvalue weighted by atomic mass is 10.2. The maximum atomic E-state index is 11.5. The average Bonchev–Trinajstić information content (AvgIpc) is 2.63. The Labute approximate surface area is 140 Å². The van der Waals surface area contributed by atoms with Crippen LogP contribution < -0.4 is 20.3 Å². The molecule has 0 aliphatic carbocycles. The average molecular weight is 328 g/mol. The number of hydrogen-bond donors (Lipinski definition) is 1. The fourth-order valence-corrected chi connectivity index (χ4v) is 2.75. The Morgan fingerprint density at radius 3 is 2.38 bits per heavy atom. The van der Waals surface area contributed by atoms with Gasteiger partial charge in [-0.1, -0.05) is 0 Å². The molecule has 1 fully saturated rings. The summed E-state index contributed by atoms with van der Waals surface area (Å²) in [6, 6.07) is 3.79. The summed E-state index contributed by atoms with van der Waals surface area (Å²) in [7, 11) is 0. The first-order chi connectivity index (χ1) is 11.7. The van der Waals surface area contributed by atoms with E-state index in [1.54, 1.807) is 12.4 Å². The van der Waals surface area contributed by atoms with E-state index in [1.807, 2.05) is 24.0 Å². The molecule has 8 nitrogen and oxygen atoms in total. The van der Waals surface area contributed by atoms with Gasteiger partial charge in [-0.05, 0) is 19.1 Å². The molecule has 0 aromatic carbocycles. The van der Waals surface area contributed by atoms with Crippen molar-refractivity contribution >= 4 is 17.5 Å². The Morgan fingerprint density at radius 2 is 1.71 bits per heavy atom. The Balaban J connectivity index is 1.74. The van der Waals surface area contributed by atoms with E-state index in [2.05, 4.69) is 19.9 Å². The summed E-state index contributed by atoms with van der Waals surface area (Å²) in [5, 5.41) is 0. The van der Waals surface area contributed by atoms with E-state index in [0.29, 0.717) is 25.5 Å². The second-order valence-electron chi connectivity index (χ2n) is 5.33. The number of primary amides is 1. The van der Waals surface area contributed by atoms with Crippen LogP contribution in [-0.4, -0.2) is 53.6 Å². The van der Waals surface area contributed by atoms with Crippen LogP contribution in [0.1, 0.15) is 17.4 Å². The SMILES string of the molecule is CCOc1cccnc1N1CCN(c2nccnc2C(N)=O)CC1. The molecule has 2 N–H and O–H groups in total. The minimum Gasteiger partial charge on any atom is -0.490 e. The van der Waals surface area contributed by atoms with Crippen molar-refractivity contribution in [1.29, 1.82) is 0 Å². The van der Waals surface area contributed by atoms with Crippen LogP contribution in [0.25, 0.3) is 0 Å². The van der Waals surface area contributed by atoms with Crippen LogP contribution in [-0.2, 0) is 0 Å². The summed E-state index contributed by atoms with van der Waals surface area (Å²) in [5.74, 6) is 1.60. The standard InChI is InChI=1S/C16H20N6O2/c1-2-24-12-4-3-5-19-15(12)21-8-10-22(11-9-21)16-13(14(17)23)18-6-7-20-16/h3-7H,2,8-11H2,1H3,(H2,17,23). The highest BCUT2D eigenvalue weighted by atomic mass is 16.5. The largest absolute Gasteiger partial charge is 0.490 e. The Morgan fingerprint density at radius 1 is 1.08 bits per heavy atom. The lowest BCUT2D eigenvalue weighted by molar-refractivity contribution is 0.0995. The molecule has 2 aromatic rings. The molecule has 0 atom stereocenters. The van der Waals surface area contributed by atoms with E-state index in [1.165, 1.54) is 6.20 Å². The molecule has 0 spiro atoms. The topological polar surface area (TPSA) is 97.5 Å². The second kappa shape index (κ2) is 7.12. The number of hydrogen-bond acceptors (Lipinski definition) is 7. The third kappa shape index (κ3) is 3.22. The Bertz CT molecular complexity index is 715. The first kappa shape index (κ1) is 16.0. The van der Waals surface area contributed by atoms with Gasteiger partial charge in [-0.2, -0.15) is 0 Å². The summed E-state index contributed by atoms with van der Waals surface area (Å²) in [4.78, 5) is 28.5. The predicted octanol–water partition coefficient (Wildman–Crippen LogP) is 0.696. The van der Waals surface area contributed by atoms with Crippen molar-refractivity contribution in [3.05, 3.63) is 36.4 Å². The number of aromatic nitrogens is 3. The molecule has 1 amide bonds. The highest BCUT2D eigenvalue weighted by molar-refractivity contribution is 5.95. The van der Waals surface area contributed by atoms with Crippen LogP contribution in [0.15, 0.2) is 30.7 Å². The highest BCUT2D eigenvalue weighted by Crippen LogP contribution is 2.27. The van der Waals surface area contributed by atoms with E-state index in [4.69, 9.17) is 10.5 Å². The lowest BCUT2D eigenvalue weighted by Crippen LogP contribution is -2.47. The zero-order valence-corrected chi connectivity index (χ0v) is 13.6. The third-order valence-electron chi connectivity index (χ3n) is 3.84. The molecule has 0 saturated carbocycles. The minimum absolute atomic E-state index is 0.207. The van der Waals surface area contributed by atoms with Gasteiger partial charge in [0.05, 0.1) is 6.61 Å². The maximum absolute atomic E-state index is 11.5. The summed E-state index contributed by atoms with van der Waals surface area (Å²) in [6.07, 6.45) is 4.81. The molecule has 3 rings (SSSR count). The smallest absolute Gasteiger partial charge is 0.271 e. The number of ether oxygens (including phenoxy) is 1. The van der Waals surface area contributed by atoms with Crippen LogP contribution in [0.2, 0.25) is 0 Å². The van der Waals surface area contributed by atoms with Gasteiger partial charge in [-0.15, -0.1) is 0 Å². The molecule has 8 heteroatoms. The summed E-state index contributed by atoms with van der Waals surface area (Å²) < 4.78 is 5.65. The van der Waals surface area contributed by atoms with Crippen LogP contribution in [0, 0.1) is 0 Å². The molecule has 3 heterocycles. The first-order valence-electron chi connectivity index (χ1n) is 7.89. The van der Waals surface area contributed by atoms with Crippen molar-refractivity contribution < 1.29 is 9.53 Å². The first-order valence-corrected chi connectivity index (χ1v) is 7.89. The van der Waals surface area contributed by atoms with Crippen molar-refractivity contribution in [2.24, 2.45) is 5.73 Å². The quantitative estimate of drug-likeness (QED) is 0.862. The third-order valence-corrected chi connectivity index (χ3v) is 3.84. The van der Waals surface area contributed by atoms with Crippen LogP contribution in [0.3, 0.4) is 0 Å². The van der Waals surface area contributed by atoms with Gasteiger partial charge in [0, 0.05) is 44.8 Å². The Hall–Kier alpha value is -2.90. The van der Waals surface area contributed by atoms with Crippen LogP contribution >= 0.6 is 0 Å². The lowest BCUT2D eigenvalue weighted by Gasteiger charge is -2.36. The molecule has 0 radical (unpaired) electrons. The number of nitrogens with two attached hydrogens (primary N) is 1. The minimum atomic E-state index is -0.566. The zero-order chi connectivity index (χ0) is 16.9. The van der Waals surface area contributed by atoms with Gasteiger partial charge in [-0.25, -0.2) is 15.0 Å². The highest BCUT2D eigenvalue weighted by Gasteiger charge is 2.24.